The van der Waals surface area contributed by atoms with E-state index in [9.17, 15) is 4.39 Å². The number of nitrogens with zero attached hydrogens (tertiary/aromatic N) is 1. The molecule has 1 heterocycles. The number of methoxy groups -OCH3 is 1. The van der Waals surface area contributed by atoms with Crippen LogP contribution >= 0.6 is 11.3 Å². The van der Waals surface area contributed by atoms with Crippen molar-refractivity contribution in [2.75, 3.05) is 7.11 Å². The van der Waals surface area contributed by atoms with Gasteiger partial charge >= 0.3 is 0 Å². The topological polar surface area (TPSA) is 22.1 Å². The number of benzene rings is 1. The molecule has 0 aliphatic carbocycles. The van der Waals surface area contributed by atoms with E-state index in [-0.39, 0.29) is 5.82 Å². The van der Waals surface area contributed by atoms with Gasteiger partial charge in [-0.15, -0.1) is 0 Å². The van der Waals surface area contributed by atoms with Crippen molar-refractivity contribution in [1.29, 1.82) is 0 Å². The van der Waals surface area contributed by atoms with Crippen LogP contribution in [0.1, 0.15) is 5.69 Å². The summed E-state index contributed by atoms with van der Waals surface area (Å²) in [5, 5.41) is 0.603. The van der Waals surface area contributed by atoms with Gasteiger partial charge in [-0.05, 0) is 24.6 Å². The molecule has 78 valence electrons. The normalized spacial score (nSPS) is 10.3. The van der Waals surface area contributed by atoms with Crippen molar-refractivity contribution < 1.29 is 9.13 Å². The summed E-state index contributed by atoms with van der Waals surface area (Å²) in [6.07, 6.45) is 0. The molecular weight excluding hydrogens is 213 g/mol. The number of halogens is 1. The molecule has 15 heavy (non-hydrogen) atoms. The average molecular weight is 223 g/mol. The highest BCUT2D eigenvalue weighted by Gasteiger charge is 2.10. The van der Waals surface area contributed by atoms with Crippen LogP contribution in [0.5, 0.6) is 5.19 Å². The van der Waals surface area contributed by atoms with E-state index >= 15 is 0 Å². The summed E-state index contributed by atoms with van der Waals surface area (Å²) in [7, 11) is 1.58. The fourth-order valence-corrected chi connectivity index (χ4v) is 2.24. The molecular formula is C11H10FNOS. The Bertz CT molecular complexity index is 481. The van der Waals surface area contributed by atoms with Gasteiger partial charge in [0.1, 0.15) is 5.82 Å². The van der Waals surface area contributed by atoms with Crippen molar-refractivity contribution in [2.24, 2.45) is 0 Å². The molecule has 0 aliphatic heterocycles. The Hall–Kier alpha value is -1.42. The van der Waals surface area contributed by atoms with Gasteiger partial charge in [-0.1, -0.05) is 23.5 Å². The fourth-order valence-electron chi connectivity index (χ4n) is 1.36. The van der Waals surface area contributed by atoms with E-state index in [2.05, 4.69) is 4.98 Å². The number of rotatable bonds is 2. The molecule has 4 heteroatoms. The third-order valence-corrected chi connectivity index (χ3v) is 3.21. The van der Waals surface area contributed by atoms with E-state index < -0.39 is 0 Å². The molecule has 0 atom stereocenters. The van der Waals surface area contributed by atoms with Crippen LogP contribution < -0.4 is 4.74 Å². The maximum Gasteiger partial charge on any atom is 0.273 e. The first-order valence-corrected chi connectivity index (χ1v) is 5.29. The van der Waals surface area contributed by atoms with E-state index in [1.165, 1.54) is 23.5 Å². The van der Waals surface area contributed by atoms with E-state index in [0.29, 0.717) is 5.19 Å². The minimum absolute atomic E-state index is 0.237. The third kappa shape index (κ3) is 1.99. The summed E-state index contributed by atoms with van der Waals surface area (Å²) in [6, 6.07) is 6.48. The van der Waals surface area contributed by atoms with Gasteiger partial charge in [-0.25, -0.2) is 9.37 Å². The molecule has 0 aliphatic rings. The van der Waals surface area contributed by atoms with Crippen LogP contribution in [-0.4, -0.2) is 12.1 Å². The smallest absolute Gasteiger partial charge is 0.273 e. The van der Waals surface area contributed by atoms with Gasteiger partial charge in [-0.2, -0.15) is 0 Å². The van der Waals surface area contributed by atoms with Crippen molar-refractivity contribution in [2.45, 2.75) is 6.92 Å². The number of hydrogen-bond acceptors (Lipinski definition) is 3. The maximum absolute atomic E-state index is 13.0. The SMILES string of the molecule is COc1nc(C)c(-c2cccc(F)c2)s1. The zero-order valence-corrected chi connectivity index (χ0v) is 9.27. The standard InChI is InChI=1S/C11H10FNOS/c1-7-10(15-11(13-7)14-2)8-4-3-5-9(12)6-8/h3-6H,1-2H3. The lowest BCUT2D eigenvalue weighted by Crippen LogP contribution is -1.81. The quantitative estimate of drug-likeness (QED) is 0.779. The number of hydrogen-bond donors (Lipinski definition) is 0. The Labute approximate surface area is 91.4 Å². The van der Waals surface area contributed by atoms with Gasteiger partial charge in [-0.3, -0.25) is 0 Å². The summed E-state index contributed by atoms with van der Waals surface area (Å²) in [4.78, 5) is 5.16. The van der Waals surface area contributed by atoms with Gasteiger partial charge in [0.05, 0.1) is 17.7 Å². The molecule has 0 bridgehead atoms. The molecule has 0 fully saturated rings. The Kier molecular flexibility index (Phi) is 2.68. The molecule has 0 radical (unpaired) electrons. The van der Waals surface area contributed by atoms with E-state index in [1.54, 1.807) is 13.2 Å². The first kappa shape index (κ1) is 10.1. The highest BCUT2D eigenvalue weighted by molar-refractivity contribution is 7.17. The van der Waals surface area contributed by atoms with Crippen molar-refractivity contribution in [3.63, 3.8) is 0 Å². The van der Waals surface area contributed by atoms with Gasteiger partial charge in [0.15, 0.2) is 0 Å². The van der Waals surface area contributed by atoms with Gasteiger partial charge in [0.25, 0.3) is 5.19 Å². The highest BCUT2D eigenvalue weighted by Crippen LogP contribution is 2.33. The Morgan fingerprint density at radius 1 is 1.40 bits per heavy atom. The number of thiazole rings is 1. The molecule has 0 amide bonds. The molecule has 0 saturated heterocycles. The predicted molar refractivity (Wildman–Crippen MR) is 58.8 cm³/mol. The second-order valence-corrected chi connectivity index (χ2v) is 4.07. The van der Waals surface area contributed by atoms with Crippen LogP contribution in [0.2, 0.25) is 0 Å². The third-order valence-electron chi connectivity index (χ3n) is 2.04. The molecule has 0 saturated carbocycles. The fraction of sp³-hybridized carbons (Fsp3) is 0.182. The lowest BCUT2D eigenvalue weighted by Gasteiger charge is -1.97. The summed E-state index contributed by atoms with van der Waals surface area (Å²) in [5.41, 5.74) is 1.70. The molecule has 1 aromatic heterocycles. The van der Waals surface area contributed by atoms with Crippen molar-refractivity contribution in [3.8, 4) is 15.6 Å². The van der Waals surface area contributed by atoms with Crippen molar-refractivity contribution in [3.05, 3.63) is 35.8 Å². The molecule has 2 nitrogen and oxygen atoms in total. The maximum atomic E-state index is 13.0. The van der Waals surface area contributed by atoms with Gasteiger partial charge in [0.2, 0.25) is 0 Å². The number of ether oxygens (including phenoxy) is 1. The molecule has 1 aromatic carbocycles. The summed E-state index contributed by atoms with van der Waals surface area (Å²) >= 11 is 1.42. The van der Waals surface area contributed by atoms with Crippen LogP contribution in [-0.2, 0) is 0 Å². The first-order valence-electron chi connectivity index (χ1n) is 4.48. The largest absolute Gasteiger partial charge is 0.473 e. The number of aromatic nitrogens is 1. The Balaban J connectivity index is 2.48. The molecule has 0 spiro atoms. The van der Waals surface area contributed by atoms with Crippen LogP contribution in [0.25, 0.3) is 10.4 Å². The average Bonchev–Trinajstić information content (AvgIpc) is 2.60. The minimum Gasteiger partial charge on any atom is -0.473 e. The summed E-state index contributed by atoms with van der Waals surface area (Å²) in [6.45, 7) is 1.89. The zero-order chi connectivity index (χ0) is 10.8. The van der Waals surface area contributed by atoms with Crippen LogP contribution in [0.3, 0.4) is 0 Å². The minimum atomic E-state index is -0.237. The van der Waals surface area contributed by atoms with E-state index in [0.717, 1.165) is 16.1 Å². The van der Waals surface area contributed by atoms with Crippen LogP contribution in [0.15, 0.2) is 24.3 Å². The lowest BCUT2D eigenvalue weighted by atomic mass is 10.1. The van der Waals surface area contributed by atoms with Crippen molar-refractivity contribution in [1.82, 2.24) is 4.98 Å². The van der Waals surface area contributed by atoms with Crippen molar-refractivity contribution >= 4 is 11.3 Å². The summed E-state index contributed by atoms with van der Waals surface area (Å²) in [5.74, 6) is -0.237. The Morgan fingerprint density at radius 3 is 2.80 bits per heavy atom. The number of aryl methyl sites for hydroxylation is 1. The second kappa shape index (κ2) is 3.98. The first-order chi connectivity index (χ1) is 7.20. The Morgan fingerprint density at radius 2 is 2.20 bits per heavy atom. The summed E-state index contributed by atoms with van der Waals surface area (Å²) < 4.78 is 18.1. The molecule has 0 N–H and O–H groups in total. The lowest BCUT2D eigenvalue weighted by molar-refractivity contribution is 0.411. The van der Waals surface area contributed by atoms with Gasteiger partial charge in [0, 0.05) is 0 Å². The van der Waals surface area contributed by atoms with E-state index in [1.807, 2.05) is 13.0 Å². The van der Waals surface area contributed by atoms with Gasteiger partial charge < -0.3 is 4.74 Å². The molecule has 2 aromatic rings. The van der Waals surface area contributed by atoms with Crippen LogP contribution in [0, 0.1) is 12.7 Å². The second-order valence-electron chi connectivity index (χ2n) is 3.11. The van der Waals surface area contributed by atoms with E-state index in [4.69, 9.17) is 4.74 Å². The van der Waals surface area contributed by atoms with Crippen LogP contribution in [0.4, 0.5) is 4.39 Å². The highest BCUT2D eigenvalue weighted by atomic mass is 32.1. The predicted octanol–water partition coefficient (Wildman–Crippen LogP) is 3.27. The monoisotopic (exact) mass is 223 g/mol. The molecule has 0 unspecified atom stereocenters. The molecule has 2 rings (SSSR count). The zero-order valence-electron chi connectivity index (χ0n) is 8.45.